The van der Waals surface area contributed by atoms with Crippen molar-refractivity contribution in [3.63, 3.8) is 0 Å². The molecule has 1 aromatic carbocycles. The molecule has 4 heteroatoms. The summed E-state index contributed by atoms with van der Waals surface area (Å²) < 4.78 is 38.2. The van der Waals surface area contributed by atoms with Crippen LogP contribution in [0.3, 0.4) is 0 Å². The summed E-state index contributed by atoms with van der Waals surface area (Å²) in [7, 11) is 0. The molecule has 0 radical (unpaired) electrons. The molecule has 0 aromatic heterocycles. The molecule has 94 valence electrons. The standard InChI is InChI=1S/C13H16F3N/c1-9-4-5-10(7-11-3-2-6-17-11)8-12(9)13(14,15)16/h4-5,8,11,17H,2-3,6-7H2,1H3. The fraction of sp³-hybridized carbons (Fsp3) is 0.538. The van der Waals surface area contributed by atoms with E-state index in [-0.39, 0.29) is 0 Å². The van der Waals surface area contributed by atoms with Crippen LogP contribution < -0.4 is 5.32 Å². The lowest BCUT2D eigenvalue weighted by Gasteiger charge is -2.14. The van der Waals surface area contributed by atoms with Gasteiger partial charge in [0, 0.05) is 6.04 Å². The summed E-state index contributed by atoms with van der Waals surface area (Å²) in [4.78, 5) is 0. The minimum absolute atomic E-state index is 0.292. The Bertz CT molecular complexity index is 392. The fourth-order valence-corrected chi connectivity index (χ4v) is 2.32. The lowest BCUT2D eigenvalue weighted by atomic mass is 9.99. The van der Waals surface area contributed by atoms with Crippen molar-refractivity contribution in [1.29, 1.82) is 0 Å². The Morgan fingerprint density at radius 2 is 2.12 bits per heavy atom. The highest BCUT2D eigenvalue weighted by Crippen LogP contribution is 2.32. The molecule has 1 saturated heterocycles. The molecule has 17 heavy (non-hydrogen) atoms. The molecule has 1 atom stereocenters. The highest BCUT2D eigenvalue weighted by atomic mass is 19.4. The maximum atomic E-state index is 12.7. The molecule has 1 aromatic rings. The van der Waals surface area contributed by atoms with Crippen LogP contribution in [0, 0.1) is 6.92 Å². The first-order chi connectivity index (χ1) is 7.97. The van der Waals surface area contributed by atoms with Crippen LogP contribution in [-0.4, -0.2) is 12.6 Å². The van der Waals surface area contributed by atoms with E-state index in [0.29, 0.717) is 18.0 Å². The Hall–Kier alpha value is -1.03. The molecule has 1 aliphatic rings. The first-order valence-electron chi connectivity index (χ1n) is 5.87. The largest absolute Gasteiger partial charge is 0.416 e. The van der Waals surface area contributed by atoms with Crippen molar-refractivity contribution in [2.24, 2.45) is 0 Å². The summed E-state index contributed by atoms with van der Waals surface area (Å²) in [5.74, 6) is 0. The number of halogens is 3. The van der Waals surface area contributed by atoms with Gasteiger partial charge in [0.2, 0.25) is 0 Å². The molecule has 1 aliphatic heterocycles. The number of nitrogens with one attached hydrogen (secondary N) is 1. The van der Waals surface area contributed by atoms with Crippen LogP contribution in [0.1, 0.15) is 29.5 Å². The molecule has 1 N–H and O–H groups in total. The minimum Gasteiger partial charge on any atom is -0.314 e. The van der Waals surface area contributed by atoms with E-state index in [4.69, 9.17) is 0 Å². The molecule has 0 bridgehead atoms. The third-order valence-corrected chi connectivity index (χ3v) is 3.25. The van der Waals surface area contributed by atoms with Gasteiger partial charge < -0.3 is 5.32 Å². The van der Waals surface area contributed by atoms with Crippen molar-refractivity contribution in [1.82, 2.24) is 5.32 Å². The van der Waals surface area contributed by atoms with Crippen molar-refractivity contribution in [3.05, 3.63) is 34.9 Å². The Morgan fingerprint density at radius 3 is 2.71 bits per heavy atom. The topological polar surface area (TPSA) is 12.0 Å². The zero-order valence-corrected chi connectivity index (χ0v) is 9.77. The Morgan fingerprint density at radius 1 is 1.35 bits per heavy atom. The average Bonchev–Trinajstić information content (AvgIpc) is 2.72. The summed E-state index contributed by atoms with van der Waals surface area (Å²) >= 11 is 0. The monoisotopic (exact) mass is 243 g/mol. The van der Waals surface area contributed by atoms with E-state index in [0.717, 1.165) is 24.9 Å². The molecular formula is C13H16F3N. The van der Waals surface area contributed by atoms with Gasteiger partial charge in [-0.3, -0.25) is 0 Å². The van der Waals surface area contributed by atoms with Crippen LogP contribution in [0.4, 0.5) is 13.2 Å². The number of alkyl halides is 3. The van der Waals surface area contributed by atoms with Crippen LogP contribution in [0.5, 0.6) is 0 Å². The normalized spacial score (nSPS) is 20.8. The second kappa shape index (κ2) is 4.69. The van der Waals surface area contributed by atoms with Gasteiger partial charge in [-0.15, -0.1) is 0 Å². The van der Waals surface area contributed by atoms with Gasteiger partial charge in [-0.1, -0.05) is 12.1 Å². The van der Waals surface area contributed by atoms with Crippen LogP contribution in [-0.2, 0) is 12.6 Å². The summed E-state index contributed by atoms with van der Waals surface area (Å²) in [5.41, 5.74) is 0.552. The number of rotatable bonds is 2. The second-order valence-electron chi connectivity index (χ2n) is 4.64. The van der Waals surface area contributed by atoms with Crippen molar-refractivity contribution in [2.75, 3.05) is 6.54 Å². The van der Waals surface area contributed by atoms with E-state index in [1.165, 1.54) is 13.0 Å². The fourth-order valence-electron chi connectivity index (χ4n) is 2.32. The quantitative estimate of drug-likeness (QED) is 0.840. The zero-order chi connectivity index (χ0) is 12.5. The molecule has 0 amide bonds. The van der Waals surface area contributed by atoms with Gasteiger partial charge in [-0.05, 0) is 49.9 Å². The molecule has 0 saturated carbocycles. The third-order valence-electron chi connectivity index (χ3n) is 3.25. The van der Waals surface area contributed by atoms with Gasteiger partial charge in [0.05, 0.1) is 5.56 Å². The average molecular weight is 243 g/mol. The third kappa shape index (κ3) is 3.00. The van der Waals surface area contributed by atoms with Crippen LogP contribution >= 0.6 is 0 Å². The molecule has 0 spiro atoms. The highest BCUT2D eigenvalue weighted by molar-refractivity contribution is 5.33. The van der Waals surface area contributed by atoms with Crippen LogP contribution in [0.15, 0.2) is 18.2 Å². The maximum absolute atomic E-state index is 12.7. The second-order valence-corrected chi connectivity index (χ2v) is 4.64. The Kier molecular flexibility index (Phi) is 3.43. The molecule has 1 nitrogen and oxygen atoms in total. The molecular weight excluding hydrogens is 227 g/mol. The van der Waals surface area contributed by atoms with Crippen molar-refractivity contribution < 1.29 is 13.2 Å². The SMILES string of the molecule is Cc1ccc(CC2CCCN2)cc1C(F)(F)F. The lowest BCUT2D eigenvalue weighted by Crippen LogP contribution is -2.23. The molecule has 1 heterocycles. The molecule has 1 unspecified atom stereocenters. The van der Waals surface area contributed by atoms with Gasteiger partial charge in [0.1, 0.15) is 0 Å². The Labute approximate surface area is 99.0 Å². The molecule has 1 fully saturated rings. The van der Waals surface area contributed by atoms with E-state index in [1.54, 1.807) is 12.1 Å². The first kappa shape index (κ1) is 12.4. The zero-order valence-electron chi connectivity index (χ0n) is 9.77. The summed E-state index contributed by atoms with van der Waals surface area (Å²) in [6, 6.07) is 4.98. The van der Waals surface area contributed by atoms with Crippen molar-refractivity contribution >= 4 is 0 Å². The number of hydrogen-bond acceptors (Lipinski definition) is 1. The Balaban J connectivity index is 2.18. The van der Waals surface area contributed by atoms with Gasteiger partial charge in [-0.2, -0.15) is 13.2 Å². The highest BCUT2D eigenvalue weighted by Gasteiger charge is 2.32. The molecule has 0 aliphatic carbocycles. The summed E-state index contributed by atoms with van der Waals surface area (Å²) in [6.07, 6.45) is -1.40. The van der Waals surface area contributed by atoms with E-state index in [9.17, 15) is 13.2 Å². The van der Waals surface area contributed by atoms with Crippen molar-refractivity contribution in [3.8, 4) is 0 Å². The van der Waals surface area contributed by atoms with E-state index in [1.807, 2.05) is 0 Å². The summed E-state index contributed by atoms with van der Waals surface area (Å²) in [5, 5.41) is 3.30. The number of benzene rings is 1. The van der Waals surface area contributed by atoms with Gasteiger partial charge in [0.25, 0.3) is 0 Å². The molecule has 2 rings (SSSR count). The van der Waals surface area contributed by atoms with Crippen LogP contribution in [0.2, 0.25) is 0 Å². The van der Waals surface area contributed by atoms with Gasteiger partial charge in [0.15, 0.2) is 0 Å². The van der Waals surface area contributed by atoms with Gasteiger partial charge >= 0.3 is 6.18 Å². The van der Waals surface area contributed by atoms with Crippen LogP contribution in [0.25, 0.3) is 0 Å². The smallest absolute Gasteiger partial charge is 0.314 e. The number of hydrogen-bond donors (Lipinski definition) is 1. The predicted molar refractivity (Wildman–Crippen MR) is 60.9 cm³/mol. The minimum atomic E-state index is -4.25. The van der Waals surface area contributed by atoms with Crippen molar-refractivity contribution in [2.45, 2.75) is 38.4 Å². The summed E-state index contributed by atoms with van der Waals surface area (Å²) in [6.45, 7) is 2.48. The van der Waals surface area contributed by atoms with E-state index >= 15 is 0 Å². The van der Waals surface area contributed by atoms with Gasteiger partial charge in [-0.25, -0.2) is 0 Å². The van der Waals surface area contributed by atoms with E-state index in [2.05, 4.69) is 5.32 Å². The lowest BCUT2D eigenvalue weighted by molar-refractivity contribution is -0.138. The maximum Gasteiger partial charge on any atom is 0.416 e. The predicted octanol–water partition coefficient (Wildman–Crippen LogP) is 3.31. The van der Waals surface area contributed by atoms with E-state index < -0.39 is 11.7 Å². The first-order valence-corrected chi connectivity index (χ1v) is 5.87. The number of aryl methyl sites for hydroxylation is 1.